The molecule has 0 saturated heterocycles. The smallest absolute Gasteiger partial charge is 0.215 e. The van der Waals surface area contributed by atoms with Crippen LogP contribution in [-0.4, -0.2) is 24.2 Å². The van der Waals surface area contributed by atoms with Crippen LogP contribution in [0, 0.1) is 0 Å². The van der Waals surface area contributed by atoms with Crippen LogP contribution in [0.2, 0.25) is 0 Å². The maximum absolute atomic E-state index is 5.19. The van der Waals surface area contributed by atoms with Gasteiger partial charge in [0.05, 0.1) is 12.8 Å². The zero-order valence-corrected chi connectivity index (χ0v) is 10.3. The van der Waals surface area contributed by atoms with Gasteiger partial charge in [-0.3, -0.25) is 0 Å². The highest BCUT2D eigenvalue weighted by Gasteiger charge is 2.35. The van der Waals surface area contributed by atoms with E-state index in [1.54, 1.807) is 7.11 Å². The van der Waals surface area contributed by atoms with E-state index in [9.17, 15) is 0 Å². The van der Waals surface area contributed by atoms with Gasteiger partial charge < -0.3 is 15.4 Å². The van der Waals surface area contributed by atoms with Crippen molar-refractivity contribution in [1.29, 1.82) is 0 Å². The standard InChI is InChI=1S/C13H19N3O/c1-17-11-5-4-10-12(15-11)16-13(8-9-14-10)6-2-3-7-13/h4-5,14H,2-3,6-9H2,1H3,(H,15,16). The molecule has 1 spiro atoms. The van der Waals surface area contributed by atoms with Gasteiger partial charge in [0.2, 0.25) is 5.88 Å². The fourth-order valence-corrected chi connectivity index (χ4v) is 2.97. The molecule has 1 aromatic rings. The first-order chi connectivity index (χ1) is 8.31. The predicted octanol–water partition coefficient (Wildman–Crippen LogP) is 2.63. The van der Waals surface area contributed by atoms with Crippen LogP contribution in [0.25, 0.3) is 0 Å². The lowest BCUT2D eigenvalue weighted by atomic mass is 9.93. The van der Waals surface area contributed by atoms with Crippen LogP contribution >= 0.6 is 0 Å². The molecule has 0 aromatic carbocycles. The molecule has 17 heavy (non-hydrogen) atoms. The largest absolute Gasteiger partial charge is 0.481 e. The molecule has 0 radical (unpaired) electrons. The molecule has 92 valence electrons. The van der Waals surface area contributed by atoms with Crippen molar-refractivity contribution in [3.63, 3.8) is 0 Å². The van der Waals surface area contributed by atoms with Gasteiger partial charge in [-0.2, -0.15) is 4.98 Å². The fraction of sp³-hybridized carbons (Fsp3) is 0.615. The highest BCUT2D eigenvalue weighted by atomic mass is 16.5. The van der Waals surface area contributed by atoms with Crippen molar-refractivity contribution in [3.05, 3.63) is 12.1 Å². The van der Waals surface area contributed by atoms with Crippen molar-refractivity contribution in [2.45, 2.75) is 37.6 Å². The summed E-state index contributed by atoms with van der Waals surface area (Å²) >= 11 is 0. The molecule has 1 aliphatic carbocycles. The minimum atomic E-state index is 0.262. The molecule has 4 nitrogen and oxygen atoms in total. The first kappa shape index (κ1) is 10.7. The highest BCUT2D eigenvalue weighted by molar-refractivity contribution is 5.67. The van der Waals surface area contributed by atoms with E-state index in [1.165, 1.54) is 32.1 Å². The number of aromatic nitrogens is 1. The van der Waals surface area contributed by atoms with Gasteiger partial charge in [-0.05, 0) is 25.3 Å². The lowest BCUT2D eigenvalue weighted by Gasteiger charge is -2.29. The summed E-state index contributed by atoms with van der Waals surface area (Å²) in [6.45, 7) is 1.02. The minimum Gasteiger partial charge on any atom is -0.481 e. The van der Waals surface area contributed by atoms with E-state index in [1.807, 2.05) is 12.1 Å². The van der Waals surface area contributed by atoms with Crippen LogP contribution in [0.15, 0.2) is 12.1 Å². The van der Waals surface area contributed by atoms with Crippen LogP contribution in [0.3, 0.4) is 0 Å². The van der Waals surface area contributed by atoms with Gasteiger partial charge in [0.25, 0.3) is 0 Å². The quantitative estimate of drug-likeness (QED) is 0.782. The summed E-state index contributed by atoms with van der Waals surface area (Å²) < 4.78 is 5.19. The second kappa shape index (κ2) is 4.09. The van der Waals surface area contributed by atoms with E-state index >= 15 is 0 Å². The SMILES string of the molecule is COc1ccc2c(n1)NC1(CCCC1)CCN2. The first-order valence-electron chi connectivity index (χ1n) is 6.38. The summed E-state index contributed by atoms with van der Waals surface area (Å²) in [5, 5.41) is 7.10. The average Bonchev–Trinajstić information content (AvgIpc) is 2.71. The number of methoxy groups -OCH3 is 1. The summed E-state index contributed by atoms with van der Waals surface area (Å²) in [6.07, 6.45) is 6.34. The van der Waals surface area contributed by atoms with Crippen molar-refractivity contribution in [1.82, 2.24) is 4.98 Å². The predicted molar refractivity (Wildman–Crippen MR) is 68.7 cm³/mol. The second-order valence-electron chi connectivity index (χ2n) is 5.04. The number of hydrogen-bond donors (Lipinski definition) is 2. The molecule has 0 unspecified atom stereocenters. The molecule has 2 N–H and O–H groups in total. The minimum absolute atomic E-state index is 0.262. The van der Waals surface area contributed by atoms with E-state index in [0.29, 0.717) is 5.88 Å². The molecule has 4 heteroatoms. The Morgan fingerprint density at radius 3 is 2.82 bits per heavy atom. The maximum atomic E-state index is 5.19. The molecular formula is C13H19N3O. The van der Waals surface area contributed by atoms with E-state index in [0.717, 1.165) is 18.1 Å². The molecule has 2 heterocycles. The van der Waals surface area contributed by atoms with Gasteiger partial charge in [0, 0.05) is 18.2 Å². The molecule has 1 aromatic heterocycles. The summed E-state index contributed by atoms with van der Waals surface area (Å²) in [4.78, 5) is 4.51. The Labute approximate surface area is 102 Å². The molecule has 0 atom stereocenters. The summed E-state index contributed by atoms with van der Waals surface area (Å²) in [7, 11) is 1.66. The Kier molecular flexibility index (Phi) is 2.57. The third-order valence-corrected chi connectivity index (χ3v) is 3.94. The van der Waals surface area contributed by atoms with Crippen LogP contribution < -0.4 is 15.4 Å². The molecule has 1 saturated carbocycles. The molecule has 0 bridgehead atoms. The number of rotatable bonds is 1. The van der Waals surface area contributed by atoms with Gasteiger partial charge in [-0.1, -0.05) is 12.8 Å². The maximum Gasteiger partial charge on any atom is 0.215 e. The lowest BCUT2D eigenvalue weighted by molar-refractivity contribution is 0.397. The van der Waals surface area contributed by atoms with Crippen LogP contribution in [0.4, 0.5) is 11.5 Å². The third-order valence-electron chi connectivity index (χ3n) is 3.94. The first-order valence-corrected chi connectivity index (χ1v) is 6.38. The Hall–Kier alpha value is -1.45. The molecule has 1 fully saturated rings. The highest BCUT2D eigenvalue weighted by Crippen LogP contribution is 2.39. The van der Waals surface area contributed by atoms with Crippen molar-refractivity contribution < 1.29 is 4.74 Å². The number of anilines is 2. The Balaban J connectivity index is 1.94. The van der Waals surface area contributed by atoms with Gasteiger partial charge >= 0.3 is 0 Å². The van der Waals surface area contributed by atoms with Gasteiger partial charge in [0.15, 0.2) is 5.82 Å². The number of hydrogen-bond acceptors (Lipinski definition) is 4. The summed E-state index contributed by atoms with van der Waals surface area (Å²) in [5.74, 6) is 1.62. The van der Waals surface area contributed by atoms with Crippen molar-refractivity contribution in [2.24, 2.45) is 0 Å². The van der Waals surface area contributed by atoms with Crippen LogP contribution in [-0.2, 0) is 0 Å². The summed E-state index contributed by atoms with van der Waals surface area (Å²) in [6, 6.07) is 3.95. The van der Waals surface area contributed by atoms with E-state index in [4.69, 9.17) is 4.74 Å². The normalized spacial score (nSPS) is 21.2. The molecule has 2 aliphatic rings. The number of nitrogens with one attached hydrogen (secondary N) is 2. The molecule has 1 aliphatic heterocycles. The van der Waals surface area contributed by atoms with Gasteiger partial charge in [-0.15, -0.1) is 0 Å². The molecule has 3 rings (SSSR count). The number of pyridine rings is 1. The zero-order chi connectivity index (χ0) is 11.7. The topological polar surface area (TPSA) is 46.2 Å². The molecular weight excluding hydrogens is 214 g/mol. The Morgan fingerprint density at radius 2 is 2.06 bits per heavy atom. The lowest BCUT2D eigenvalue weighted by Crippen LogP contribution is -2.35. The van der Waals surface area contributed by atoms with E-state index in [2.05, 4.69) is 15.6 Å². The Morgan fingerprint density at radius 1 is 1.24 bits per heavy atom. The second-order valence-corrected chi connectivity index (χ2v) is 5.04. The monoisotopic (exact) mass is 233 g/mol. The molecule has 0 amide bonds. The van der Waals surface area contributed by atoms with Gasteiger partial charge in [0.1, 0.15) is 0 Å². The summed E-state index contributed by atoms with van der Waals surface area (Å²) in [5.41, 5.74) is 1.35. The average molecular weight is 233 g/mol. The van der Waals surface area contributed by atoms with Crippen LogP contribution in [0.5, 0.6) is 5.88 Å². The van der Waals surface area contributed by atoms with Crippen molar-refractivity contribution >= 4 is 11.5 Å². The van der Waals surface area contributed by atoms with Crippen LogP contribution in [0.1, 0.15) is 32.1 Å². The van der Waals surface area contributed by atoms with Gasteiger partial charge in [-0.25, -0.2) is 0 Å². The number of ether oxygens (including phenoxy) is 1. The van der Waals surface area contributed by atoms with Crippen molar-refractivity contribution in [3.8, 4) is 5.88 Å². The van der Waals surface area contributed by atoms with E-state index in [-0.39, 0.29) is 5.54 Å². The zero-order valence-electron chi connectivity index (χ0n) is 10.3. The number of nitrogens with zero attached hydrogens (tertiary/aromatic N) is 1. The third kappa shape index (κ3) is 1.92. The fourth-order valence-electron chi connectivity index (χ4n) is 2.97. The van der Waals surface area contributed by atoms with E-state index < -0.39 is 0 Å². The van der Waals surface area contributed by atoms with Crippen molar-refractivity contribution in [2.75, 3.05) is 24.3 Å². The Bertz CT molecular complexity index is 413. The number of fused-ring (bicyclic) bond motifs is 1.